The summed E-state index contributed by atoms with van der Waals surface area (Å²) in [5.41, 5.74) is 2.30. The first-order valence-corrected chi connectivity index (χ1v) is 9.32. The van der Waals surface area contributed by atoms with Gasteiger partial charge in [-0.25, -0.2) is 0 Å². The first-order chi connectivity index (χ1) is 12.2. The number of ether oxygens (including phenoxy) is 1. The van der Waals surface area contributed by atoms with Crippen molar-refractivity contribution < 1.29 is 14.3 Å². The Morgan fingerprint density at radius 1 is 1.08 bits per heavy atom. The minimum absolute atomic E-state index is 0.165. The smallest absolute Gasteiger partial charge is 0.249 e. The summed E-state index contributed by atoms with van der Waals surface area (Å²) < 4.78 is 6.31. The second-order valence-corrected chi connectivity index (χ2v) is 7.08. The second kappa shape index (κ2) is 7.04. The van der Waals surface area contributed by atoms with E-state index >= 15 is 0 Å². The quantitative estimate of drug-likeness (QED) is 0.812. The molecule has 25 heavy (non-hydrogen) atoms. The van der Waals surface area contributed by atoms with Gasteiger partial charge in [-0.15, -0.1) is 0 Å². The fourth-order valence-electron chi connectivity index (χ4n) is 4.13. The summed E-state index contributed by atoms with van der Waals surface area (Å²) in [6, 6.07) is 5.88. The molecule has 1 atom stereocenters. The highest BCUT2D eigenvalue weighted by Crippen LogP contribution is 2.37. The Morgan fingerprint density at radius 3 is 2.72 bits per heavy atom. The fourth-order valence-corrected chi connectivity index (χ4v) is 4.13. The van der Waals surface area contributed by atoms with Gasteiger partial charge in [0, 0.05) is 24.2 Å². The lowest BCUT2D eigenvalue weighted by molar-refractivity contribution is -0.134. The molecule has 6 nitrogen and oxygen atoms in total. The van der Waals surface area contributed by atoms with Gasteiger partial charge in [-0.05, 0) is 57.3 Å². The minimum Gasteiger partial charge on any atom is -0.490 e. The molecule has 0 aliphatic carbocycles. The minimum atomic E-state index is -0.258. The van der Waals surface area contributed by atoms with Crippen molar-refractivity contribution in [3.8, 4) is 5.75 Å². The van der Waals surface area contributed by atoms with E-state index in [2.05, 4.69) is 27.7 Å². The van der Waals surface area contributed by atoms with Gasteiger partial charge in [0.05, 0.1) is 0 Å². The van der Waals surface area contributed by atoms with E-state index in [0.29, 0.717) is 12.8 Å². The number of nitrogens with one attached hydrogen (secondary N) is 2. The molecule has 134 valence electrons. The monoisotopic (exact) mass is 343 g/mol. The Morgan fingerprint density at radius 2 is 1.92 bits per heavy atom. The Hall–Kier alpha value is -2.08. The Labute approximate surface area is 147 Å². The maximum absolute atomic E-state index is 12.3. The standard InChI is InChI=1S/C19H25N3O3/c23-18-7-6-16(19(24)21-18)22-12-2-3-14-15(22)4-1-5-17(14)25-13-8-10-20-11-9-13/h1,4-5,13,16,20H,2-3,6-12H2,(H,21,23,24). The van der Waals surface area contributed by atoms with Crippen LogP contribution < -0.4 is 20.3 Å². The summed E-state index contributed by atoms with van der Waals surface area (Å²) in [6.07, 6.45) is 5.29. The van der Waals surface area contributed by atoms with Crippen molar-refractivity contribution in [3.05, 3.63) is 23.8 Å². The molecule has 2 N–H and O–H groups in total. The van der Waals surface area contributed by atoms with Crippen LogP contribution in [0, 0.1) is 0 Å². The number of hydrogen-bond donors (Lipinski definition) is 2. The lowest BCUT2D eigenvalue weighted by Gasteiger charge is -2.39. The van der Waals surface area contributed by atoms with Crippen LogP contribution in [0.4, 0.5) is 5.69 Å². The zero-order valence-electron chi connectivity index (χ0n) is 14.4. The molecule has 0 radical (unpaired) electrons. The molecule has 3 aliphatic heterocycles. The van der Waals surface area contributed by atoms with Crippen LogP contribution in [0.1, 0.15) is 37.7 Å². The number of hydrogen-bond acceptors (Lipinski definition) is 5. The van der Waals surface area contributed by atoms with Crippen LogP contribution in [0.5, 0.6) is 5.75 Å². The summed E-state index contributed by atoms with van der Waals surface area (Å²) in [7, 11) is 0. The Kier molecular flexibility index (Phi) is 4.61. The maximum Gasteiger partial charge on any atom is 0.249 e. The third kappa shape index (κ3) is 3.35. The van der Waals surface area contributed by atoms with E-state index in [1.54, 1.807) is 0 Å². The van der Waals surface area contributed by atoms with E-state index in [4.69, 9.17) is 4.74 Å². The normalized spacial score (nSPS) is 24.6. The number of carbonyl (C=O) groups excluding carboxylic acids is 2. The summed E-state index contributed by atoms with van der Waals surface area (Å²) in [6.45, 7) is 2.85. The van der Waals surface area contributed by atoms with Crippen LogP contribution in [-0.2, 0) is 16.0 Å². The number of imide groups is 1. The van der Waals surface area contributed by atoms with Crippen molar-refractivity contribution >= 4 is 17.5 Å². The molecule has 0 aromatic heterocycles. The summed E-state index contributed by atoms with van der Waals surface area (Å²) in [4.78, 5) is 25.9. The molecule has 0 spiro atoms. The zero-order valence-corrected chi connectivity index (χ0v) is 14.4. The molecule has 2 saturated heterocycles. The largest absolute Gasteiger partial charge is 0.490 e. The molecule has 2 fully saturated rings. The topological polar surface area (TPSA) is 70.7 Å². The van der Waals surface area contributed by atoms with Crippen molar-refractivity contribution in [1.29, 1.82) is 0 Å². The van der Waals surface area contributed by atoms with Gasteiger partial charge in [-0.3, -0.25) is 14.9 Å². The molecule has 1 unspecified atom stereocenters. The predicted octanol–water partition coefficient (Wildman–Crippen LogP) is 1.38. The van der Waals surface area contributed by atoms with Crippen molar-refractivity contribution in [1.82, 2.24) is 10.6 Å². The number of benzene rings is 1. The van der Waals surface area contributed by atoms with Crippen LogP contribution in [0.2, 0.25) is 0 Å². The SMILES string of the molecule is O=C1CCC(N2CCCc3c(OC4CCNCC4)cccc32)C(=O)N1. The Bertz CT molecular complexity index is 670. The van der Waals surface area contributed by atoms with Crippen molar-refractivity contribution in [3.63, 3.8) is 0 Å². The highest BCUT2D eigenvalue weighted by Gasteiger charge is 2.34. The van der Waals surface area contributed by atoms with Crippen LogP contribution in [-0.4, -0.2) is 43.6 Å². The number of fused-ring (bicyclic) bond motifs is 1. The van der Waals surface area contributed by atoms with Gasteiger partial charge in [0.1, 0.15) is 17.9 Å². The van der Waals surface area contributed by atoms with E-state index in [9.17, 15) is 9.59 Å². The molecule has 1 aromatic rings. The van der Waals surface area contributed by atoms with E-state index < -0.39 is 0 Å². The van der Waals surface area contributed by atoms with E-state index in [1.165, 1.54) is 5.56 Å². The lowest BCUT2D eigenvalue weighted by Crippen LogP contribution is -2.53. The van der Waals surface area contributed by atoms with E-state index in [0.717, 1.165) is 56.8 Å². The van der Waals surface area contributed by atoms with Gasteiger partial charge in [-0.2, -0.15) is 0 Å². The third-order valence-corrected chi connectivity index (χ3v) is 5.41. The lowest BCUT2D eigenvalue weighted by atomic mass is 9.95. The van der Waals surface area contributed by atoms with Gasteiger partial charge < -0.3 is 15.0 Å². The molecule has 4 rings (SSSR count). The molecular weight excluding hydrogens is 318 g/mol. The molecular formula is C19H25N3O3. The van der Waals surface area contributed by atoms with E-state index in [-0.39, 0.29) is 24.0 Å². The molecule has 0 bridgehead atoms. The highest BCUT2D eigenvalue weighted by molar-refractivity contribution is 6.01. The molecule has 1 aromatic carbocycles. The third-order valence-electron chi connectivity index (χ3n) is 5.41. The van der Waals surface area contributed by atoms with Crippen LogP contribution in [0.25, 0.3) is 0 Å². The van der Waals surface area contributed by atoms with Gasteiger partial charge in [-0.1, -0.05) is 6.07 Å². The fraction of sp³-hybridized carbons (Fsp3) is 0.579. The highest BCUT2D eigenvalue weighted by atomic mass is 16.5. The number of rotatable bonds is 3. The van der Waals surface area contributed by atoms with Crippen molar-refractivity contribution in [2.75, 3.05) is 24.5 Å². The van der Waals surface area contributed by atoms with E-state index in [1.807, 2.05) is 6.07 Å². The van der Waals surface area contributed by atoms with Crippen LogP contribution in [0.3, 0.4) is 0 Å². The maximum atomic E-state index is 12.3. The van der Waals surface area contributed by atoms with Crippen molar-refractivity contribution in [2.24, 2.45) is 0 Å². The van der Waals surface area contributed by atoms with Crippen LogP contribution >= 0.6 is 0 Å². The Balaban J connectivity index is 1.58. The molecule has 0 saturated carbocycles. The molecule has 2 amide bonds. The van der Waals surface area contributed by atoms with Crippen molar-refractivity contribution in [2.45, 2.75) is 50.7 Å². The number of nitrogens with zero attached hydrogens (tertiary/aromatic N) is 1. The molecule has 6 heteroatoms. The summed E-state index contributed by atoms with van der Waals surface area (Å²) in [5.74, 6) is 0.622. The van der Waals surface area contributed by atoms with Gasteiger partial charge in [0.15, 0.2) is 0 Å². The average Bonchev–Trinajstić information content (AvgIpc) is 2.63. The first kappa shape index (κ1) is 16.4. The molecule has 3 heterocycles. The van der Waals surface area contributed by atoms with Gasteiger partial charge in [0.2, 0.25) is 11.8 Å². The number of piperidine rings is 2. The zero-order chi connectivity index (χ0) is 17.2. The predicted molar refractivity (Wildman–Crippen MR) is 94.8 cm³/mol. The first-order valence-electron chi connectivity index (χ1n) is 9.32. The number of amides is 2. The second-order valence-electron chi connectivity index (χ2n) is 7.08. The van der Waals surface area contributed by atoms with Gasteiger partial charge in [0.25, 0.3) is 0 Å². The summed E-state index contributed by atoms with van der Waals surface area (Å²) >= 11 is 0. The number of carbonyl (C=O) groups is 2. The van der Waals surface area contributed by atoms with Gasteiger partial charge >= 0.3 is 0 Å². The average molecular weight is 343 g/mol. The number of anilines is 1. The molecule has 3 aliphatic rings. The summed E-state index contributed by atoms with van der Waals surface area (Å²) in [5, 5.41) is 5.84. The van der Waals surface area contributed by atoms with Crippen LogP contribution in [0.15, 0.2) is 18.2 Å².